The van der Waals surface area contributed by atoms with Gasteiger partial charge in [-0.3, -0.25) is 0 Å². The van der Waals surface area contributed by atoms with Gasteiger partial charge in [0.1, 0.15) is 17.7 Å². The summed E-state index contributed by atoms with van der Waals surface area (Å²) >= 11 is 0. The summed E-state index contributed by atoms with van der Waals surface area (Å²) in [5.74, 6) is 0.581. The Morgan fingerprint density at radius 1 is 1.07 bits per heavy atom. The van der Waals surface area contributed by atoms with Gasteiger partial charge in [0, 0.05) is 0 Å². The highest BCUT2D eigenvalue weighted by Crippen LogP contribution is 2.30. The van der Waals surface area contributed by atoms with Gasteiger partial charge in [-0.1, -0.05) is 24.3 Å². The molecule has 0 aliphatic carbocycles. The Morgan fingerprint density at radius 3 is 2.52 bits per heavy atom. The quantitative estimate of drug-likeness (QED) is 0.564. The normalized spacial score (nSPS) is 18.2. The van der Waals surface area contributed by atoms with E-state index in [1.165, 1.54) is 12.1 Å². The van der Waals surface area contributed by atoms with Gasteiger partial charge in [0.25, 0.3) is 0 Å². The van der Waals surface area contributed by atoms with E-state index in [-0.39, 0.29) is 11.7 Å². The molecule has 4 rings (SSSR count). The summed E-state index contributed by atoms with van der Waals surface area (Å²) in [7, 11) is 0. The van der Waals surface area contributed by atoms with Crippen LogP contribution in [0.5, 0.6) is 0 Å². The fourth-order valence-electron chi connectivity index (χ4n) is 4.19. The number of likely N-dealkylation sites (tertiary alicyclic amines) is 1. The molecule has 0 amide bonds. The van der Waals surface area contributed by atoms with Crippen LogP contribution in [0.3, 0.4) is 0 Å². The summed E-state index contributed by atoms with van der Waals surface area (Å²) in [6, 6.07) is 13.9. The smallest absolute Gasteiger partial charge is 0.136 e. The summed E-state index contributed by atoms with van der Waals surface area (Å²) in [5, 5.41) is 21.0. The van der Waals surface area contributed by atoms with E-state index in [0.29, 0.717) is 12.2 Å². The van der Waals surface area contributed by atoms with E-state index in [0.717, 1.165) is 55.5 Å². The number of rotatable bonds is 7. The van der Waals surface area contributed by atoms with Gasteiger partial charge in [-0.25, -0.2) is 9.37 Å². The van der Waals surface area contributed by atoms with Crippen molar-refractivity contribution in [3.05, 3.63) is 65.7 Å². The molecule has 0 bridgehead atoms. The third kappa shape index (κ3) is 4.83. The molecule has 0 spiro atoms. The second-order valence-corrected chi connectivity index (χ2v) is 7.97. The molecule has 1 saturated heterocycles. The van der Waals surface area contributed by atoms with E-state index in [1.54, 1.807) is 12.1 Å². The molecule has 3 aromatic rings. The molecule has 2 atom stereocenters. The topological polar surface area (TPSA) is 72.4 Å². The van der Waals surface area contributed by atoms with Crippen LogP contribution in [0.4, 0.5) is 4.39 Å². The minimum absolute atomic E-state index is 0.205. The predicted octanol–water partition coefficient (Wildman–Crippen LogP) is 3.96. The zero-order valence-corrected chi connectivity index (χ0v) is 16.5. The van der Waals surface area contributed by atoms with Crippen LogP contribution in [-0.4, -0.2) is 44.7 Å². The molecule has 1 aromatic heterocycles. The van der Waals surface area contributed by atoms with E-state index in [4.69, 9.17) is 0 Å². The summed E-state index contributed by atoms with van der Waals surface area (Å²) in [6.45, 7) is 2.80. The number of aliphatic hydroxyl groups is 2. The van der Waals surface area contributed by atoms with Crippen LogP contribution in [0.25, 0.3) is 11.0 Å². The number of benzene rings is 2. The zero-order chi connectivity index (χ0) is 20.2. The number of fused-ring (bicyclic) bond motifs is 1. The zero-order valence-electron chi connectivity index (χ0n) is 16.5. The van der Waals surface area contributed by atoms with E-state index in [9.17, 15) is 14.6 Å². The first-order valence-electron chi connectivity index (χ1n) is 10.4. The Kier molecular flexibility index (Phi) is 6.23. The summed E-state index contributed by atoms with van der Waals surface area (Å²) in [4.78, 5) is 10.2. The van der Waals surface area contributed by atoms with E-state index in [2.05, 4.69) is 14.9 Å². The molecule has 2 unspecified atom stereocenters. The first-order chi connectivity index (χ1) is 14.1. The lowest BCUT2D eigenvalue weighted by atomic mass is 9.90. The van der Waals surface area contributed by atoms with Gasteiger partial charge in [0.15, 0.2) is 0 Å². The maximum atomic E-state index is 13.0. The molecule has 2 heterocycles. The number of H-pyrrole nitrogens is 1. The molecule has 5 nitrogen and oxygen atoms in total. The number of piperidine rings is 1. The Bertz CT molecular complexity index is 886. The predicted molar refractivity (Wildman–Crippen MR) is 111 cm³/mol. The highest BCUT2D eigenvalue weighted by molar-refractivity contribution is 5.74. The van der Waals surface area contributed by atoms with Gasteiger partial charge in [-0.2, -0.15) is 0 Å². The highest BCUT2D eigenvalue weighted by atomic mass is 19.1. The lowest BCUT2D eigenvalue weighted by Gasteiger charge is -2.33. The number of aromatic nitrogens is 2. The molecular weight excluding hydrogens is 369 g/mol. The lowest BCUT2D eigenvalue weighted by Crippen LogP contribution is -2.36. The number of nitrogens with zero attached hydrogens (tertiary/aromatic N) is 2. The fourth-order valence-corrected chi connectivity index (χ4v) is 4.19. The molecule has 1 aliphatic rings. The van der Waals surface area contributed by atoms with Crippen molar-refractivity contribution in [3.63, 3.8) is 0 Å². The van der Waals surface area contributed by atoms with Crippen molar-refractivity contribution in [1.29, 1.82) is 0 Å². The van der Waals surface area contributed by atoms with Gasteiger partial charge >= 0.3 is 0 Å². The van der Waals surface area contributed by atoms with Crippen LogP contribution in [0.2, 0.25) is 0 Å². The van der Waals surface area contributed by atoms with Crippen molar-refractivity contribution >= 4 is 11.0 Å². The minimum Gasteiger partial charge on any atom is -0.388 e. The second-order valence-electron chi connectivity index (χ2n) is 7.97. The molecule has 1 fully saturated rings. The van der Waals surface area contributed by atoms with Crippen molar-refractivity contribution in [1.82, 2.24) is 14.9 Å². The number of aliphatic hydroxyl groups excluding tert-OH is 2. The van der Waals surface area contributed by atoms with E-state index < -0.39 is 12.2 Å². The third-order valence-corrected chi connectivity index (χ3v) is 5.97. The average molecular weight is 397 g/mol. The lowest BCUT2D eigenvalue weighted by molar-refractivity contribution is 0.0519. The Labute approximate surface area is 170 Å². The number of hydrogen-bond donors (Lipinski definition) is 3. The largest absolute Gasteiger partial charge is 0.388 e. The van der Waals surface area contributed by atoms with Crippen molar-refractivity contribution in [3.8, 4) is 0 Å². The Balaban J connectivity index is 1.22. The van der Waals surface area contributed by atoms with Gasteiger partial charge in [-0.05, 0) is 81.1 Å². The van der Waals surface area contributed by atoms with Crippen molar-refractivity contribution in [2.45, 2.75) is 37.9 Å². The molecule has 29 heavy (non-hydrogen) atoms. The summed E-state index contributed by atoms with van der Waals surface area (Å²) < 4.78 is 13.0. The first-order valence-corrected chi connectivity index (χ1v) is 10.4. The van der Waals surface area contributed by atoms with Gasteiger partial charge in [0.2, 0.25) is 0 Å². The first kappa shape index (κ1) is 20.0. The number of aromatic amines is 1. The monoisotopic (exact) mass is 397 g/mol. The molecule has 2 aromatic carbocycles. The average Bonchev–Trinajstić information content (AvgIpc) is 3.18. The number of nitrogens with one attached hydrogen (secondary N) is 1. The molecule has 0 saturated carbocycles. The number of hydrogen-bond acceptors (Lipinski definition) is 4. The van der Waals surface area contributed by atoms with Crippen molar-refractivity contribution in [2.75, 3.05) is 19.6 Å². The molecule has 0 radical (unpaired) electrons. The summed E-state index contributed by atoms with van der Waals surface area (Å²) in [6.07, 6.45) is 2.29. The highest BCUT2D eigenvalue weighted by Gasteiger charge is 2.28. The van der Waals surface area contributed by atoms with Crippen LogP contribution < -0.4 is 0 Å². The van der Waals surface area contributed by atoms with Gasteiger partial charge in [0.05, 0.1) is 17.1 Å². The Morgan fingerprint density at radius 2 is 1.79 bits per heavy atom. The van der Waals surface area contributed by atoms with Crippen LogP contribution in [-0.2, 0) is 0 Å². The summed E-state index contributed by atoms with van der Waals surface area (Å²) in [5.41, 5.74) is 2.61. The standard InChI is InChI=1S/C23H28FN3O2/c24-18-9-7-16(8-10-18)21(28)6-3-13-27-14-11-17(12-15-27)22(29)23-25-19-4-1-2-5-20(19)26-23/h1-2,4-5,7-10,17,21-22,28-29H,3,6,11-15H2,(H,25,26). The number of para-hydroxylation sites is 2. The Hall–Kier alpha value is -2.28. The van der Waals surface area contributed by atoms with Gasteiger partial charge in [-0.15, -0.1) is 0 Å². The number of imidazole rings is 1. The molecule has 1 aliphatic heterocycles. The van der Waals surface area contributed by atoms with Crippen LogP contribution >= 0.6 is 0 Å². The maximum absolute atomic E-state index is 13.0. The third-order valence-electron chi connectivity index (χ3n) is 5.97. The fraction of sp³-hybridized carbons (Fsp3) is 0.435. The minimum atomic E-state index is -0.565. The molecule has 154 valence electrons. The van der Waals surface area contributed by atoms with Crippen LogP contribution in [0.15, 0.2) is 48.5 Å². The molecular formula is C23H28FN3O2. The van der Waals surface area contributed by atoms with E-state index >= 15 is 0 Å². The van der Waals surface area contributed by atoms with Crippen molar-refractivity contribution < 1.29 is 14.6 Å². The van der Waals surface area contributed by atoms with E-state index in [1.807, 2.05) is 24.3 Å². The number of halogens is 1. The SMILES string of the molecule is OC(CCCN1CCC(C(O)c2nc3ccccc3[nH]2)CC1)c1ccc(F)cc1. The van der Waals surface area contributed by atoms with Crippen LogP contribution in [0, 0.1) is 11.7 Å². The molecule has 6 heteroatoms. The van der Waals surface area contributed by atoms with Gasteiger partial charge < -0.3 is 20.1 Å². The van der Waals surface area contributed by atoms with Crippen molar-refractivity contribution in [2.24, 2.45) is 5.92 Å². The molecule has 3 N–H and O–H groups in total. The van der Waals surface area contributed by atoms with Crippen LogP contribution in [0.1, 0.15) is 49.3 Å². The maximum Gasteiger partial charge on any atom is 0.136 e. The second kappa shape index (κ2) is 9.03.